The van der Waals surface area contributed by atoms with Gasteiger partial charge in [0.2, 0.25) is 5.95 Å². The van der Waals surface area contributed by atoms with E-state index in [1.807, 2.05) is 0 Å². The van der Waals surface area contributed by atoms with Crippen LogP contribution in [0, 0.1) is 36.0 Å². The van der Waals surface area contributed by atoms with Gasteiger partial charge in [0.05, 0.1) is 17.5 Å². The molecule has 4 fully saturated rings. The number of nitrogens with zero attached hydrogens (tertiary/aromatic N) is 4. The first kappa shape index (κ1) is 41.9. The minimum absolute atomic E-state index is 0.0190. The Labute approximate surface area is 328 Å². The highest BCUT2D eigenvalue weighted by Crippen LogP contribution is 2.37. The van der Waals surface area contributed by atoms with E-state index in [2.05, 4.69) is 25.9 Å². The van der Waals surface area contributed by atoms with Gasteiger partial charge in [-0.2, -0.15) is 9.97 Å². The molecule has 4 saturated carbocycles. The quantitative estimate of drug-likeness (QED) is 0.146. The fourth-order valence-electron chi connectivity index (χ4n) is 9.66. The molecule has 0 saturated heterocycles. The first-order valence-corrected chi connectivity index (χ1v) is 21.2. The molecule has 3 aromatic rings. The molecule has 0 spiro atoms. The van der Waals surface area contributed by atoms with Crippen LogP contribution in [0.5, 0.6) is 0 Å². The third-order valence-corrected chi connectivity index (χ3v) is 12.7. The second-order valence-electron chi connectivity index (χ2n) is 16.8. The zero-order chi connectivity index (χ0) is 39.0. The predicted molar refractivity (Wildman–Crippen MR) is 219 cm³/mol. The maximum Gasteiger partial charge on any atom is 0.335 e. The minimum Gasteiger partial charge on any atom is -0.481 e. The lowest BCUT2D eigenvalue weighted by atomic mass is 9.74. The summed E-state index contributed by atoms with van der Waals surface area (Å²) < 4.78 is 0. The number of aromatic nitrogens is 4. The number of anilines is 2. The highest BCUT2D eigenvalue weighted by molar-refractivity contribution is 5.88. The van der Waals surface area contributed by atoms with Crippen LogP contribution in [0.4, 0.5) is 11.8 Å². The van der Waals surface area contributed by atoms with Crippen molar-refractivity contribution in [3.05, 3.63) is 47.3 Å². The second-order valence-corrected chi connectivity index (χ2v) is 16.8. The van der Waals surface area contributed by atoms with E-state index in [9.17, 15) is 14.7 Å². The molecule has 4 aliphatic carbocycles. The van der Waals surface area contributed by atoms with E-state index in [-0.39, 0.29) is 41.3 Å². The Morgan fingerprint density at radius 2 is 1.15 bits per heavy atom. The summed E-state index contributed by atoms with van der Waals surface area (Å²) in [7, 11) is 0. The Balaban J connectivity index is 0.000000183. The van der Waals surface area contributed by atoms with Gasteiger partial charge in [-0.25, -0.2) is 14.8 Å². The number of carboxylic acids is 2. The van der Waals surface area contributed by atoms with Crippen LogP contribution in [-0.2, 0) is 16.6 Å². The topological polar surface area (TPSA) is 178 Å². The molecule has 6 N–H and O–H groups in total. The van der Waals surface area contributed by atoms with Gasteiger partial charge in [0, 0.05) is 12.8 Å². The summed E-state index contributed by atoms with van der Waals surface area (Å²) >= 11 is 0. The Morgan fingerprint density at radius 1 is 0.691 bits per heavy atom. The molecule has 2 heterocycles. The molecule has 7 rings (SSSR count). The Bertz CT molecular complexity index is 1630. The van der Waals surface area contributed by atoms with E-state index < -0.39 is 17.4 Å². The molecule has 4 aliphatic rings. The molecule has 0 radical (unpaired) electrons. The number of nitrogen functional groups attached to an aromatic ring is 2. The maximum atomic E-state index is 12.3. The normalized spacial score (nSPS) is 19.8. The van der Waals surface area contributed by atoms with E-state index in [4.69, 9.17) is 23.0 Å². The Morgan fingerprint density at radius 3 is 1.55 bits per heavy atom. The van der Waals surface area contributed by atoms with Crippen LogP contribution in [-0.4, -0.2) is 42.1 Å². The van der Waals surface area contributed by atoms with Crippen molar-refractivity contribution in [2.45, 2.75) is 160 Å². The lowest BCUT2D eigenvalue weighted by Gasteiger charge is -2.28. The van der Waals surface area contributed by atoms with Gasteiger partial charge < -0.3 is 21.7 Å². The summed E-state index contributed by atoms with van der Waals surface area (Å²) in [6.07, 6.45) is 40.4. The second kappa shape index (κ2) is 21.2. The number of fused-ring (bicyclic) bond motifs is 1. The van der Waals surface area contributed by atoms with Crippen molar-refractivity contribution in [2.75, 3.05) is 11.5 Å². The van der Waals surface area contributed by atoms with Crippen LogP contribution in [0.2, 0.25) is 0 Å². The monoisotopic (exact) mass is 752 g/mol. The van der Waals surface area contributed by atoms with Crippen LogP contribution in [0.25, 0.3) is 11.2 Å². The molecule has 1 unspecified atom stereocenters. The van der Waals surface area contributed by atoms with Crippen molar-refractivity contribution in [2.24, 2.45) is 23.7 Å². The molecule has 0 bridgehead atoms. The van der Waals surface area contributed by atoms with Gasteiger partial charge in [-0.1, -0.05) is 141 Å². The molecular formula is C45H64N6O4. The molecule has 1 atom stereocenters. The van der Waals surface area contributed by atoms with Crippen LogP contribution in [0.15, 0.2) is 30.5 Å². The zero-order valence-electron chi connectivity index (χ0n) is 32.9. The van der Waals surface area contributed by atoms with Crippen molar-refractivity contribution in [1.82, 2.24) is 19.9 Å². The third-order valence-electron chi connectivity index (χ3n) is 12.7. The number of benzene rings is 1. The summed E-state index contributed by atoms with van der Waals surface area (Å²) in [6, 6.07) is 5.52. The minimum atomic E-state index is -1.54. The van der Waals surface area contributed by atoms with E-state index in [1.54, 1.807) is 64.2 Å². The Hall–Kier alpha value is -4.26. The molecule has 10 nitrogen and oxygen atoms in total. The maximum absolute atomic E-state index is 12.3. The van der Waals surface area contributed by atoms with Gasteiger partial charge in [-0.05, 0) is 54.2 Å². The Kier molecular flexibility index (Phi) is 16.1. The lowest BCUT2D eigenvalue weighted by Crippen LogP contribution is -2.38. The number of aliphatic carboxylic acids is 1. The average Bonchev–Trinajstić information content (AvgIpc) is 3.20. The molecule has 2 aromatic heterocycles. The zero-order valence-corrected chi connectivity index (χ0v) is 32.9. The molecule has 298 valence electrons. The van der Waals surface area contributed by atoms with Crippen molar-refractivity contribution in [3.63, 3.8) is 0 Å². The predicted octanol–water partition coefficient (Wildman–Crippen LogP) is 9.94. The van der Waals surface area contributed by atoms with Crippen molar-refractivity contribution < 1.29 is 19.8 Å². The van der Waals surface area contributed by atoms with E-state index in [1.165, 1.54) is 108 Å². The summed E-state index contributed by atoms with van der Waals surface area (Å²) in [5.41, 5.74) is 10.9. The van der Waals surface area contributed by atoms with Gasteiger partial charge in [-0.15, -0.1) is 12.3 Å². The largest absolute Gasteiger partial charge is 0.481 e. The van der Waals surface area contributed by atoms with E-state index in [0.717, 1.165) is 23.7 Å². The van der Waals surface area contributed by atoms with Gasteiger partial charge >= 0.3 is 11.9 Å². The van der Waals surface area contributed by atoms with Gasteiger partial charge in [0.25, 0.3) is 0 Å². The SMILES string of the molecule is C#CCC(Cc1cnc2nc(N)nc(N)c2n1)(C(=O)O)c1ccc(C(=O)O)cc1.C1CCC(CC2CCCCC2)CC1.C1CCC(CC2CCCCC2)CC1. The molecular weight excluding hydrogens is 689 g/mol. The third kappa shape index (κ3) is 12.4. The number of terminal acetylenes is 1. The van der Waals surface area contributed by atoms with Crippen LogP contribution in [0.1, 0.15) is 169 Å². The number of nitrogens with two attached hydrogens (primary N) is 2. The molecule has 55 heavy (non-hydrogen) atoms. The highest BCUT2D eigenvalue weighted by atomic mass is 16.4. The van der Waals surface area contributed by atoms with Gasteiger partial charge in [0.1, 0.15) is 5.41 Å². The van der Waals surface area contributed by atoms with Crippen molar-refractivity contribution in [3.8, 4) is 12.3 Å². The average molecular weight is 753 g/mol. The van der Waals surface area contributed by atoms with Gasteiger partial charge in [-0.3, -0.25) is 4.79 Å². The van der Waals surface area contributed by atoms with Crippen LogP contribution < -0.4 is 11.5 Å². The smallest absolute Gasteiger partial charge is 0.335 e. The first-order chi connectivity index (χ1) is 26.7. The number of hydrogen-bond acceptors (Lipinski definition) is 8. The highest BCUT2D eigenvalue weighted by Gasteiger charge is 2.41. The summed E-state index contributed by atoms with van der Waals surface area (Å²) in [6.45, 7) is 0. The fourth-order valence-corrected chi connectivity index (χ4v) is 9.66. The van der Waals surface area contributed by atoms with Crippen molar-refractivity contribution >= 4 is 34.9 Å². The number of carbonyl (C=O) groups is 2. The number of hydrogen-bond donors (Lipinski definition) is 4. The van der Waals surface area contributed by atoms with E-state index in [0.29, 0.717) is 11.3 Å². The van der Waals surface area contributed by atoms with E-state index >= 15 is 0 Å². The molecule has 0 amide bonds. The molecule has 0 aliphatic heterocycles. The number of carboxylic acid groups (broad SMARTS) is 2. The fraction of sp³-hybridized carbons (Fsp3) is 0.644. The van der Waals surface area contributed by atoms with Gasteiger partial charge in [0.15, 0.2) is 17.0 Å². The van der Waals surface area contributed by atoms with Crippen molar-refractivity contribution in [1.29, 1.82) is 0 Å². The number of aromatic carboxylic acids is 1. The standard InChI is InChI=1S/C19H16N6O4.2C13H24/c1-2-7-19(17(28)29,11-5-3-10(4-6-11)16(26)27)8-12-9-22-15-13(23-12)14(20)24-18(21)25-15;2*1-3-7-12(8-4-1)11-13-9-5-2-6-10-13/h1,3-6,9H,7-8H2,(H,26,27)(H,28,29)(H4,20,21,22,24,25);2*12-13H,1-11H2. The molecule has 10 heteroatoms. The summed E-state index contributed by atoms with van der Waals surface area (Å²) in [5.74, 6) is 4.55. The first-order valence-electron chi connectivity index (χ1n) is 21.2. The van der Waals surface area contributed by atoms with Crippen LogP contribution >= 0.6 is 0 Å². The van der Waals surface area contributed by atoms with Crippen LogP contribution in [0.3, 0.4) is 0 Å². The summed E-state index contributed by atoms with van der Waals surface area (Å²) in [5, 5.41) is 19.1. The lowest BCUT2D eigenvalue weighted by molar-refractivity contribution is -0.143. The summed E-state index contributed by atoms with van der Waals surface area (Å²) in [4.78, 5) is 39.6. The number of rotatable bonds is 10. The molecule has 1 aromatic carbocycles.